The van der Waals surface area contributed by atoms with E-state index in [-0.39, 0.29) is 6.04 Å². The smallest absolute Gasteiger partial charge is 0.226 e. The number of rotatable bonds is 2. The van der Waals surface area contributed by atoms with E-state index < -0.39 is 6.10 Å². The summed E-state index contributed by atoms with van der Waals surface area (Å²) >= 11 is 13.3. The van der Waals surface area contributed by atoms with Crippen molar-refractivity contribution in [3.63, 3.8) is 0 Å². The van der Waals surface area contributed by atoms with Crippen LogP contribution in [0.5, 0.6) is 5.75 Å². The van der Waals surface area contributed by atoms with Crippen LogP contribution in [0.4, 0.5) is 5.95 Å². The van der Waals surface area contributed by atoms with Crippen LogP contribution in [0.25, 0.3) is 5.70 Å². The quantitative estimate of drug-likeness (QED) is 0.401. The van der Waals surface area contributed by atoms with Gasteiger partial charge in [-0.2, -0.15) is 10.1 Å². The third-order valence-corrected chi connectivity index (χ3v) is 6.40. The lowest BCUT2D eigenvalue weighted by atomic mass is 9.84. The maximum absolute atomic E-state index is 6.68. The summed E-state index contributed by atoms with van der Waals surface area (Å²) in [5.41, 5.74) is 4.70. The summed E-state index contributed by atoms with van der Waals surface area (Å²) in [7, 11) is 0. The van der Waals surface area contributed by atoms with Crippen molar-refractivity contribution < 1.29 is 4.74 Å². The van der Waals surface area contributed by atoms with Crippen LogP contribution in [0.15, 0.2) is 84.7 Å². The van der Waals surface area contributed by atoms with Gasteiger partial charge in [0.25, 0.3) is 0 Å². The largest absolute Gasteiger partial charge is 0.480 e. The maximum atomic E-state index is 6.68. The van der Waals surface area contributed by atoms with Gasteiger partial charge in [-0.25, -0.2) is 4.68 Å². The van der Waals surface area contributed by atoms with E-state index in [0.29, 0.717) is 16.0 Å². The molecule has 152 valence electrons. The summed E-state index contributed by atoms with van der Waals surface area (Å²) in [5, 5.41) is 9.28. The lowest BCUT2D eigenvalue weighted by Crippen LogP contribution is -2.32. The molecule has 31 heavy (non-hydrogen) atoms. The first kappa shape index (κ1) is 18.5. The van der Waals surface area contributed by atoms with E-state index in [1.165, 1.54) is 0 Å². The van der Waals surface area contributed by atoms with Crippen molar-refractivity contribution in [2.45, 2.75) is 12.1 Å². The number of benzene rings is 3. The number of halogens is 2. The van der Waals surface area contributed by atoms with Crippen LogP contribution >= 0.6 is 23.2 Å². The molecule has 3 aromatic carbocycles. The first-order valence-electron chi connectivity index (χ1n) is 9.88. The molecular weight excluding hydrogens is 431 g/mol. The summed E-state index contributed by atoms with van der Waals surface area (Å²) in [6.45, 7) is 0. The SMILES string of the molecule is Clc1ccccc1C1Oc2ccccc2C2=C1C(c1ccccc1Cl)n1ncnc1N2. The van der Waals surface area contributed by atoms with Crippen LogP contribution in [0.1, 0.15) is 28.8 Å². The van der Waals surface area contributed by atoms with Crippen LogP contribution in [-0.4, -0.2) is 14.8 Å². The zero-order valence-corrected chi connectivity index (χ0v) is 17.7. The number of anilines is 1. The Labute approximate surface area is 188 Å². The van der Waals surface area contributed by atoms with Gasteiger partial charge in [-0.05, 0) is 29.8 Å². The Kier molecular flexibility index (Phi) is 4.26. The van der Waals surface area contributed by atoms with Crippen LogP contribution in [0.2, 0.25) is 10.0 Å². The Morgan fingerprint density at radius 3 is 2.29 bits per heavy atom. The third-order valence-electron chi connectivity index (χ3n) is 5.71. The number of nitrogens with zero attached hydrogens (tertiary/aromatic N) is 3. The zero-order chi connectivity index (χ0) is 20.9. The molecule has 2 atom stereocenters. The monoisotopic (exact) mass is 446 g/mol. The summed E-state index contributed by atoms with van der Waals surface area (Å²) < 4.78 is 8.41. The second-order valence-electron chi connectivity index (χ2n) is 7.42. The first-order chi connectivity index (χ1) is 15.2. The predicted molar refractivity (Wildman–Crippen MR) is 121 cm³/mol. The number of aromatic nitrogens is 3. The predicted octanol–water partition coefficient (Wildman–Crippen LogP) is 6.14. The van der Waals surface area contributed by atoms with Crippen molar-refractivity contribution in [1.29, 1.82) is 0 Å². The zero-order valence-electron chi connectivity index (χ0n) is 16.2. The topological polar surface area (TPSA) is 52.0 Å². The molecule has 4 aromatic rings. The summed E-state index contributed by atoms with van der Waals surface area (Å²) in [6.07, 6.45) is 1.12. The Balaban J connectivity index is 1.67. The first-order valence-corrected chi connectivity index (χ1v) is 10.6. The second kappa shape index (κ2) is 7.15. The van der Waals surface area contributed by atoms with Gasteiger partial charge in [0.1, 0.15) is 18.1 Å². The van der Waals surface area contributed by atoms with Gasteiger partial charge >= 0.3 is 0 Å². The molecule has 7 heteroatoms. The number of nitrogens with one attached hydrogen (secondary N) is 1. The molecule has 0 saturated heterocycles. The van der Waals surface area contributed by atoms with Gasteiger partial charge in [0, 0.05) is 26.7 Å². The van der Waals surface area contributed by atoms with Gasteiger partial charge < -0.3 is 10.1 Å². The van der Waals surface area contributed by atoms with E-state index >= 15 is 0 Å². The summed E-state index contributed by atoms with van der Waals surface area (Å²) in [6, 6.07) is 23.2. The van der Waals surface area contributed by atoms with Crippen molar-refractivity contribution in [1.82, 2.24) is 14.8 Å². The molecule has 6 rings (SSSR count). The second-order valence-corrected chi connectivity index (χ2v) is 8.24. The minimum atomic E-state index is -0.426. The molecule has 2 aliphatic rings. The molecule has 2 unspecified atom stereocenters. The van der Waals surface area contributed by atoms with Crippen molar-refractivity contribution in [3.05, 3.63) is 111 Å². The molecule has 0 bridgehead atoms. The number of hydrogen-bond acceptors (Lipinski definition) is 4. The van der Waals surface area contributed by atoms with Crippen LogP contribution in [0, 0.1) is 0 Å². The molecule has 0 spiro atoms. The fourth-order valence-corrected chi connectivity index (χ4v) is 4.83. The van der Waals surface area contributed by atoms with E-state index in [0.717, 1.165) is 33.7 Å². The molecule has 0 amide bonds. The van der Waals surface area contributed by atoms with Gasteiger partial charge in [0.05, 0.1) is 5.70 Å². The molecule has 5 nitrogen and oxygen atoms in total. The Hall–Kier alpha value is -3.28. The molecule has 3 heterocycles. The average molecular weight is 447 g/mol. The van der Waals surface area contributed by atoms with Crippen LogP contribution < -0.4 is 10.1 Å². The van der Waals surface area contributed by atoms with Crippen molar-refractivity contribution in [2.24, 2.45) is 0 Å². The fourth-order valence-electron chi connectivity index (χ4n) is 4.36. The normalized spacial score (nSPS) is 19.0. The number of para-hydroxylation sites is 1. The van der Waals surface area contributed by atoms with Crippen molar-refractivity contribution >= 4 is 34.8 Å². The molecular formula is C24H16Cl2N4O. The highest BCUT2D eigenvalue weighted by atomic mass is 35.5. The van der Waals surface area contributed by atoms with E-state index in [2.05, 4.69) is 15.4 Å². The highest BCUT2D eigenvalue weighted by Gasteiger charge is 2.41. The van der Waals surface area contributed by atoms with Crippen molar-refractivity contribution in [3.8, 4) is 5.75 Å². The van der Waals surface area contributed by atoms with E-state index in [9.17, 15) is 0 Å². The van der Waals surface area contributed by atoms with Gasteiger partial charge in [-0.15, -0.1) is 0 Å². The lowest BCUT2D eigenvalue weighted by molar-refractivity contribution is 0.223. The maximum Gasteiger partial charge on any atom is 0.226 e. The van der Waals surface area contributed by atoms with E-state index in [1.54, 1.807) is 6.33 Å². The van der Waals surface area contributed by atoms with Gasteiger partial charge in [0.2, 0.25) is 5.95 Å². The Morgan fingerprint density at radius 2 is 1.52 bits per heavy atom. The lowest BCUT2D eigenvalue weighted by Gasteiger charge is -2.39. The molecule has 2 aliphatic heterocycles. The Morgan fingerprint density at radius 1 is 0.839 bits per heavy atom. The van der Waals surface area contributed by atoms with Crippen LogP contribution in [0.3, 0.4) is 0 Å². The summed E-state index contributed by atoms with van der Waals surface area (Å²) in [4.78, 5) is 4.44. The molecule has 0 fully saturated rings. The fraction of sp³-hybridized carbons (Fsp3) is 0.0833. The molecule has 1 N–H and O–H groups in total. The number of hydrogen-bond donors (Lipinski definition) is 1. The highest BCUT2D eigenvalue weighted by molar-refractivity contribution is 6.31. The minimum Gasteiger partial charge on any atom is -0.480 e. The van der Waals surface area contributed by atoms with E-state index in [1.807, 2.05) is 77.5 Å². The van der Waals surface area contributed by atoms with Gasteiger partial charge in [-0.3, -0.25) is 0 Å². The average Bonchev–Trinajstić information content (AvgIpc) is 3.26. The van der Waals surface area contributed by atoms with Gasteiger partial charge in [-0.1, -0.05) is 71.7 Å². The van der Waals surface area contributed by atoms with Crippen molar-refractivity contribution in [2.75, 3.05) is 5.32 Å². The number of fused-ring (bicyclic) bond motifs is 3. The van der Waals surface area contributed by atoms with Gasteiger partial charge in [0.15, 0.2) is 6.10 Å². The minimum absolute atomic E-state index is 0.308. The highest BCUT2D eigenvalue weighted by Crippen LogP contribution is 2.52. The molecule has 1 aromatic heterocycles. The Bertz CT molecular complexity index is 1350. The van der Waals surface area contributed by atoms with E-state index in [4.69, 9.17) is 27.9 Å². The standard InChI is InChI=1S/C24H16Cl2N4O/c25-17-10-4-1-7-14(17)22-20-21(29-24-27-13-28-30(22)24)16-9-3-6-12-19(16)31-23(20)15-8-2-5-11-18(15)26/h1-13,22-23H,(H,27,28,29). The molecule has 0 radical (unpaired) electrons. The molecule has 0 aliphatic carbocycles. The third kappa shape index (κ3) is 2.85. The molecule has 0 saturated carbocycles. The summed E-state index contributed by atoms with van der Waals surface area (Å²) in [5.74, 6) is 1.43. The number of ether oxygens (including phenoxy) is 1. The van der Waals surface area contributed by atoms with Crippen LogP contribution in [-0.2, 0) is 0 Å².